The first kappa shape index (κ1) is 10.3. The van der Waals surface area contributed by atoms with Gasteiger partial charge in [0.25, 0.3) is 0 Å². The SMILES string of the molecule is COC1=CC2=CCC/C(=N\O)C2(C)CC1. The monoisotopic (exact) mass is 207 g/mol. The predicted molar refractivity (Wildman–Crippen MR) is 59.0 cm³/mol. The smallest absolute Gasteiger partial charge is 0.0958 e. The fourth-order valence-electron chi connectivity index (χ4n) is 2.48. The summed E-state index contributed by atoms with van der Waals surface area (Å²) >= 11 is 0. The topological polar surface area (TPSA) is 41.8 Å². The largest absolute Gasteiger partial charge is 0.501 e. The summed E-state index contributed by atoms with van der Waals surface area (Å²) in [6.45, 7) is 2.15. The Bertz CT molecular complexity index is 355. The van der Waals surface area contributed by atoms with E-state index in [4.69, 9.17) is 9.94 Å². The highest BCUT2D eigenvalue weighted by Gasteiger charge is 2.38. The van der Waals surface area contributed by atoms with Crippen LogP contribution in [0.25, 0.3) is 0 Å². The molecular weight excluding hydrogens is 190 g/mol. The molecule has 1 unspecified atom stereocenters. The summed E-state index contributed by atoms with van der Waals surface area (Å²) in [5, 5.41) is 12.5. The minimum Gasteiger partial charge on any atom is -0.501 e. The standard InChI is InChI=1S/C12H17NO2/c1-12-7-6-10(15-2)8-9(12)4-3-5-11(12)13-14/h4,8,14H,3,5-7H2,1-2H3/b13-11+. The molecule has 3 nitrogen and oxygen atoms in total. The minimum absolute atomic E-state index is 0.0744. The lowest BCUT2D eigenvalue weighted by Crippen LogP contribution is -2.34. The van der Waals surface area contributed by atoms with E-state index in [1.807, 2.05) is 0 Å². The van der Waals surface area contributed by atoms with Crippen molar-refractivity contribution in [3.63, 3.8) is 0 Å². The van der Waals surface area contributed by atoms with Gasteiger partial charge in [0, 0.05) is 11.8 Å². The zero-order valence-corrected chi connectivity index (χ0v) is 9.29. The third-order valence-corrected chi connectivity index (χ3v) is 3.59. The molecule has 2 aliphatic rings. The van der Waals surface area contributed by atoms with Crippen LogP contribution in [-0.2, 0) is 4.74 Å². The molecule has 0 aliphatic heterocycles. The van der Waals surface area contributed by atoms with E-state index in [1.165, 1.54) is 5.57 Å². The highest BCUT2D eigenvalue weighted by atomic mass is 16.5. The predicted octanol–water partition coefficient (Wildman–Crippen LogP) is 2.87. The van der Waals surface area contributed by atoms with Gasteiger partial charge in [0.1, 0.15) is 0 Å². The van der Waals surface area contributed by atoms with Crippen LogP contribution in [0.5, 0.6) is 0 Å². The molecule has 82 valence electrons. The van der Waals surface area contributed by atoms with E-state index in [1.54, 1.807) is 7.11 Å². The second-order valence-electron chi connectivity index (χ2n) is 4.39. The molecule has 3 heteroatoms. The molecule has 1 N–H and O–H groups in total. The number of fused-ring (bicyclic) bond motifs is 1. The van der Waals surface area contributed by atoms with Crippen LogP contribution in [0.1, 0.15) is 32.6 Å². The third kappa shape index (κ3) is 1.56. The summed E-state index contributed by atoms with van der Waals surface area (Å²) in [6.07, 6.45) is 8.03. The zero-order valence-electron chi connectivity index (χ0n) is 9.29. The number of nitrogens with zero attached hydrogens (tertiary/aromatic N) is 1. The molecule has 1 atom stereocenters. The highest BCUT2D eigenvalue weighted by Crippen LogP contribution is 2.44. The van der Waals surface area contributed by atoms with E-state index < -0.39 is 0 Å². The van der Waals surface area contributed by atoms with Crippen molar-refractivity contribution in [2.75, 3.05) is 7.11 Å². The van der Waals surface area contributed by atoms with Crippen molar-refractivity contribution >= 4 is 5.71 Å². The van der Waals surface area contributed by atoms with Gasteiger partial charge in [-0.05, 0) is 30.9 Å². The second-order valence-corrected chi connectivity index (χ2v) is 4.39. The number of hydrogen-bond donors (Lipinski definition) is 1. The Kier molecular flexibility index (Phi) is 2.55. The normalized spacial score (nSPS) is 33.1. The van der Waals surface area contributed by atoms with Gasteiger partial charge in [-0.25, -0.2) is 0 Å². The Morgan fingerprint density at radius 3 is 2.93 bits per heavy atom. The number of rotatable bonds is 1. The molecule has 0 fully saturated rings. The first-order valence-electron chi connectivity index (χ1n) is 5.37. The van der Waals surface area contributed by atoms with Crippen molar-refractivity contribution < 1.29 is 9.94 Å². The number of ether oxygens (including phenoxy) is 1. The molecule has 15 heavy (non-hydrogen) atoms. The Morgan fingerprint density at radius 2 is 2.27 bits per heavy atom. The summed E-state index contributed by atoms with van der Waals surface area (Å²) in [4.78, 5) is 0. The lowest BCUT2D eigenvalue weighted by atomic mass is 9.67. The maximum atomic E-state index is 9.03. The fraction of sp³-hybridized carbons (Fsp3) is 0.583. The number of hydrogen-bond acceptors (Lipinski definition) is 3. The van der Waals surface area contributed by atoms with E-state index in [9.17, 15) is 0 Å². The number of methoxy groups -OCH3 is 1. The van der Waals surface area contributed by atoms with E-state index in [0.717, 1.165) is 37.2 Å². The lowest BCUT2D eigenvalue weighted by molar-refractivity contribution is 0.253. The van der Waals surface area contributed by atoms with Crippen LogP contribution in [0.4, 0.5) is 0 Å². The molecule has 0 bridgehead atoms. The van der Waals surface area contributed by atoms with Crippen molar-refractivity contribution in [1.29, 1.82) is 0 Å². The Balaban J connectivity index is 2.40. The van der Waals surface area contributed by atoms with Crippen molar-refractivity contribution in [2.24, 2.45) is 10.6 Å². The summed E-state index contributed by atoms with van der Waals surface area (Å²) in [5.74, 6) is 1.03. The maximum absolute atomic E-state index is 9.03. The minimum atomic E-state index is -0.0744. The van der Waals surface area contributed by atoms with Crippen LogP contribution in [0.3, 0.4) is 0 Å². The van der Waals surface area contributed by atoms with E-state index in [2.05, 4.69) is 24.2 Å². The van der Waals surface area contributed by atoms with Gasteiger partial charge in [0.2, 0.25) is 0 Å². The Morgan fingerprint density at radius 1 is 1.47 bits per heavy atom. The van der Waals surface area contributed by atoms with Gasteiger partial charge in [0.15, 0.2) is 0 Å². The molecule has 0 saturated carbocycles. The second kappa shape index (κ2) is 3.72. The Hall–Kier alpha value is -1.25. The third-order valence-electron chi connectivity index (χ3n) is 3.59. The molecular formula is C12H17NO2. The van der Waals surface area contributed by atoms with Gasteiger partial charge in [-0.15, -0.1) is 0 Å². The van der Waals surface area contributed by atoms with Crippen LogP contribution in [-0.4, -0.2) is 18.0 Å². The Labute approximate surface area is 90.1 Å². The van der Waals surface area contributed by atoms with E-state index >= 15 is 0 Å². The van der Waals surface area contributed by atoms with Crippen molar-refractivity contribution in [3.05, 3.63) is 23.5 Å². The number of allylic oxidation sites excluding steroid dienone is 4. The molecule has 0 saturated heterocycles. The van der Waals surface area contributed by atoms with Gasteiger partial charge in [-0.1, -0.05) is 18.2 Å². The zero-order chi connectivity index (χ0) is 10.9. The van der Waals surface area contributed by atoms with Gasteiger partial charge >= 0.3 is 0 Å². The van der Waals surface area contributed by atoms with Crippen LogP contribution < -0.4 is 0 Å². The fourth-order valence-corrected chi connectivity index (χ4v) is 2.48. The first-order valence-corrected chi connectivity index (χ1v) is 5.37. The quantitative estimate of drug-likeness (QED) is 0.530. The summed E-state index contributed by atoms with van der Waals surface area (Å²) in [7, 11) is 1.71. The average molecular weight is 207 g/mol. The molecule has 2 rings (SSSR count). The molecule has 2 aliphatic carbocycles. The first-order chi connectivity index (χ1) is 7.20. The molecule has 0 aromatic carbocycles. The summed E-state index contributed by atoms with van der Waals surface area (Å²) in [6, 6.07) is 0. The maximum Gasteiger partial charge on any atom is 0.0958 e. The van der Waals surface area contributed by atoms with E-state index in [0.29, 0.717) is 0 Å². The van der Waals surface area contributed by atoms with Crippen LogP contribution in [0.2, 0.25) is 0 Å². The molecule has 0 aromatic rings. The van der Waals surface area contributed by atoms with Gasteiger partial charge < -0.3 is 9.94 Å². The molecule has 0 amide bonds. The van der Waals surface area contributed by atoms with Crippen LogP contribution in [0.15, 0.2) is 28.6 Å². The van der Waals surface area contributed by atoms with Crippen LogP contribution >= 0.6 is 0 Å². The lowest BCUT2D eigenvalue weighted by Gasteiger charge is -2.38. The van der Waals surface area contributed by atoms with Crippen molar-refractivity contribution in [1.82, 2.24) is 0 Å². The molecule has 0 spiro atoms. The van der Waals surface area contributed by atoms with Crippen molar-refractivity contribution in [3.8, 4) is 0 Å². The van der Waals surface area contributed by atoms with Crippen LogP contribution in [0, 0.1) is 5.41 Å². The molecule has 0 aromatic heterocycles. The summed E-state index contributed by atoms with van der Waals surface area (Å²) < 4.78 is 5.27. The summed E-state index contributed by atoms with van der Waals surface area (Å²) in [5.41, 5.74) is 2.07. The highest BCUT2D eigenvalue weighted by molar-refractivity contribution is 5.94. The van der Waals surface area contributed by atoms with Gasteiger partial charge in [-0.3, -0.25) is 0 Å². The number of oxime groups is 1. The van der Waals surface area contributed by atoms with Gasteiger partial charge in [-0.2, -0.15) is 0 Å². The van der Waals surface area contributed by atoms with E-state index in [-0.39, 0.29) is 5.41 Å². The van der Waals surface area contributed by atoms with Crippen molar-refractivity contribution in [2.45, 2.75) is 32.6 Å². The molecule has 0 heterocycles. The molecule has 0 radical (unpaired) electrons. The van der Waals surface area contributed by atoms with Gasteiger partial charge in [0.05, 0.1) is 18.6 Å². The average Bonchev–Trinajstić information content (AvgIpc) is 2.27.